The normalized spacial score (nSPS) is 12.4. The highest BCUT2D eigenvalue weighted by atomic mass is 19.1. The van der Waals surface area contributed by atoms with Gasteiger partial charge in [-0.05, 0) is 32.0 Å². The molecule has 1 unspecified atom stereocenters. The van der Waals surface area contributed by atoms with Crippen LogP contribution in [0.4, 0.5) is 20.5 Å². The van der Waals surface area contributed by atoms with Crippen molar-refractivity contribution in [3.8, 4) is 0 Å². The summed E-state index contributed by atoms with van der Waals surface area (Å²) in [5.74, 6) is -1.04. The minimum atomic E-state index is -0.715. The maximum absolute atomic E-state index is 13.8. The lowest BCUT2D eigenvalue weighted by Crippen LogP contribution is -2.17. The van der Waals surface area contributed by atoms with Crippen molar-refractivity contribution in [3.05, 3.63) is 35.2 Å². The summed E-state index contributed by atoms with van der Waals surface area (Å²) in [6, 6.07) is 2.37. The van der Waals surface area contributed by atoms with Crippen molar-refractivity contribution >= 4 is 11.7 Å². The van der Waals surface area contributed by atoms with Gasteiger partial charge in [-0.2, -0.15) is 0 Å². The lowest BCUT2D eigenvalue weighted by molar-refractivity contribution is 0.430. The van der Waals surface area contributed by atoms with E-state index in [2.05, 4.69) is 20.8 Å². The Kier molecular flexibility index (Phi) is 4.29. The first-order chi connectivity index (χ1) is 9.52. The minimum Gasteiger partial charge on any atom is -0.406 e. The number of aromatic nitrogens is 2. The fraction of sp³-hybridized carbons (Fsp3) is 0.385. The summed E-state index contributed by atoms with van der Waals surface area (Å²) < 4.78 is 32.7. The molecule has 0 amide bonds. The zero-order valence-corrected chi connectivity index (χ0v) is 11.5. The summed E-state index contributed by atoms with van der Waals surface area (Å²) in [5, 5.41) is 13.1. The molecular weight excluding hydrogens is 266 g/mol. The summed E-state index contributed by atoms with van der Waals surface area (Å²) in [7, 11) is 0. The molecule has 0 radical (unpaired) electrons. The van der Waals surface area contributed by atoms with Crippen molar-refractivity contribution in [3.63, 3.8) is 0 Å². The van der Waals surface area contributed by atoms with E-state index >= 15 is 0 Å². The molecule has 0 aliphatic carbocycles. The highest BCUT2D eigenvalue weighted by molar-refractivity contribution is 5.55. The average Bonchev–Trinajstić information content (AvgIpc) is 2.88. The molecule has 0 saturated carbocycles. The quantitative estimate of drug-likeness (QED) is 0.882. The van der Waals surface area contributed by atoms with E-state index in [-0.39, 0.29) is 17.7 Å². The Morgan fingerprint density at radius 1 is 1.30 bits per heavy atom. The van der Waals surface area contributed by atoms with E-state index in [1.165, 1.54) is 12.1 Å². The zero-order chi connectivity index (χ0) is 14.7. The van der Waals surface area contributed by atoms with Crippen molar-refractivity contribution in [2.24, 2.45) is 0 Å². The second-order valence-corrected chi connectivity index (χ2v) is 4.40. The molecule has 2 rings (SSSR count). The van der Waals surface area contributed by atoms with E-state index < -0.39 is 11.6 Å². The van der Waals surface area contributed by atoms with Gasteiger partial charge in [0.05, 0.1) is 6.04 Å². The zero-order valence-electron chi connectivity index (χ0n) is 11.5. The van der Waals surface area contributed by atoms with Crippen LogP contribution in [0.1, 0.15) is 31.3 Å². The number of hydrogen-bond donors (Lipinski definition) is 2. The number of halogens is 2. The number of aryl methyl sites for hydroxylation is 1. The van der Waals surface area contributed by atoms with Gasteiger partial charge in [0.15, 0.2) is 5.82 Å². The SMILES string of the molecule is CCNC(C)c1nnc(Nc2c(F)ccc(C)c2F)o1. The van der Waals surface area contributed by atoms with E-state index in [0.717, 1.165) is 6.54 Å². The number of rotatable bonds is 5. The standard InChI is InChI=1S/C13H16F2N4O/c1-4-16-8(3)12-18-19-13(20-12)17-11-9(14)6-5-7(2)10(11)15/h5-6,8,16H,4H2,1-3H3,(H,17,19). The molecule has 20 heavy (non-hydrogen) atoms. The van der Waals surface area contributed by atoms with Crippen molar-refractivity contribution in [2.45, 2.75) is 26.8 Å². The fourth-order valence-corrected chi connectivity index (χ4v) is 1.73. The van der Waals surface area contributed by atoms with Crippen LogP contribution >= 0.6 is 0 Å². The van der Waals surface area contributed by atoms with Gasteiger partial charge in [-0.25, -0.2) is 8.78 Å². The largest absolute Gasteiger partial charge is 0.406 e. The molecule has 1 atom stereocenters. The van der Waals surface area contributed by atoms with Crippen LogP contribution in [-0.2, 0) is 0 Å². The van der Waals surface area contributed by atoms with E-state index in [1.54, 1.807) is 6.92 Å². The lowest BCUT2D eigenvalue weighted by Gasteiger charge is -2.07. The van der Waals surface area contributed by atoms with Crippen molar-refractivity contribution in [1.82, 2.24) is 15.5 Å². The maximum Gasteiger partial charge on any atom is 0.320 e. The van der Waals surface area contributed by atoms with Gasteiger partial charge in [0.25, 0.3) is 0 Å². The first-order valence-corrected chi connectivity index (χ1v) is 6.31. The highest BCUT2D eigenvalue weighted by Gasteiger charge is 2.16. The van der Waals surface area contributed by atoms with Gasteiger partial charge < -0.3 is 15.1 Å². The molecular formula is C13H16F2N4O. The van der Waals surface area contributed by atoms with Crippen LogP contribution in [0.3, 0.4) is 0 Å². The number of nitrogens with zero attached hydrogens (tertiary/aromatic N) is 2. The third-order valence-electron chi connectivity index (χ3n) is 2.84. The predicted octanol–water partition coefficient (Wildman–Crippen LogP) is 3.07. The molecule has 0 aliphatic heterocycles. The summed E-state index contributed by atoms with van der Waals surface area (Å²) >= 11 is 0. The number of anilines is 2. The molecule has 1 aromatic carbocycles. The molecule has 0 saturated heterocycles. The number of nitrogens with one attached hydrogen (secondary N) is 2. The molecule has 7 heteroatoms. The fourth-order valence-electron chi connectivity index (χ4n) is 1.73. The molecule has 1 aromatic heterocycles. The van der Waals surface area contributed by atoms with Crippen LogP contribution < -0.4 is 10.6 Å². The molecule has 108 valence electrons. The van der Waals surface area contributed by atoms with Gasteiger partial charge in [-0.1, -0.05) is 18.1 Å². The Bertz CT molecular complexity index is 600. The summed E-state index contributed by atoms with van der Waals surface area (Å²) in [6.45, 7) is 6.10. The van der Waals surface area contributed by atoms with Crippen molar-refractivity contribution < 1.29 is 13.2 Å². The second kappa shape index (κ2) is 5.96. The molecule has 1 heterocycles. The average molecular weight is 282 g/mol. The topological polar surface area (TPSA) is 63.0 Å². The van der Waals surface area contributed by atoms with Gasteiger partial charge in [0.2, 0.25) is 5.89 Å². The van der Waals surface area contributed by atoms with Gasteiger partial charge in [-0.15, -0.1) is 5.10 Å². The summed E-state index contributed by atoms with van der Waals surface area (Å²) in [5.41, 5.74) is 0.0333. The van der Waals surface area contributed by atoms with Gasteiger partial charge in [0, 0.05) is 0 Å². The monoisotopic (exact) mass is 282 g/mol. The summed E-state index contributed by atoms with van der Waals surface area (Å²) in [4.78, 5) is 0. The van der Waals surface area contributed by atoms with E-state index in [4.69, 9.17) is 4.42 Å². The molecule has 0 fully saturated rings. The molecule has 0 bridgehead atoms. The van der Waals surface area contributed by atoms with Crippen molar-refractivity contribution in [2.75, 3.05) is 11.9 Å². The van der Waals surface area contributed by atoms with Crippen LogP contribution in [0.5, 0.6) is 0 Å². The van der Waals surface area contributed by atoms with E-state index in [0.29, 0.717) is 11.5 Å². The van der Waals surface area contributed by atoms with Crippen LogP contribution in [-0.4, -0.2) is 16.7 Å². The van der Waals surface area contributed by atoms with E-state index in [9.17, 15) is 8.78 Å². The van der Waals surface area contributed by atoms with Crippen LogP contribution in [0.2, 0.25) is 0 Å². The van der Waals surface area contributed by atoms with Gasteiger partial charge >= 0.3 is 6.01 Å². The van der Waals surface area contributed by atoms with Crippen molar-refractivity contribution in [1.29, 1.82) is 0 Å². The summed E-state index contributed by atoms with van der Waals surface area (Å²) in [6.07, 6.45) is 0. The number of hydrogen-bond acceptors (Lipinski definition) is 5. The maximum atomic E-state index is 13.8. The third kappa shape index (κ3) is 2.93. The first kappa shape index (κ1) is 14.4. The Balaban J connectivity index is 2.21. The van der Waals surface area contributed by atoms with Crippen LogP contribution in [0.15, 0.2) is 16.5 Å². The minimum absolute atomic E-state index is 0.0480. The molecule has 2 N–H and O–H groups in total. The molecule has 2 aromatic rings. The highest BCUT2D eigenvalue weighted by Crippen LogP contribution is 2.25. The van der Waals surface area contributed by atoms with Crippen LogP contribution in [0.25, 0.3) is 0 Å². The third-order valence-corrected chi connectivity index (χ3v) is 2.84. The van der Waals surface area contributed by atoms with Crippen LogP contribution in [0, 0.1) is 18.6 Å². The molecule has 5 nitrogen and oxygen atoms in total. The van der Waals surface area contributed by atoms with E-state index in [1.807, 2.05) is 13.8 Å². The first-order valence-electron chi connectivity index (χ1n) is 6.31. The Hall–Kier alpha value is -2.02. The Morgan fingerprint density at radius 3 is 2.75 bits per heavy atom. The molecule has 0 aliphatic rings. The smallest absolute Gasteiger partial charge is 0.320 e. The lowest BCUT2D eigenvalue weighted by atomic mass is 10.2. The second-order valence-electron chi connectivity index (χ2n) is 4.40. The Morgan fingerprint density at radius 2 is 2.05 bits per heavy atom. The van der Waals surface area contributed by atoms with Gasteiger partial charge in [0.1, 0.15) is 11.5 Å². The molecule has 0 spiro atoms. The Labute approximate surface area is 115 Å². The number of benzene rings is 1. The predicted molar refractivity (Wildman–Crippen MR) is 70.8 cm³/mol. The van der Waals surface area contributed by atoms with Gasteiger partial charge in [-0.3, -0.25) is 0 Å².